The van der Waals surface area contributed by atoms with Crippen molar-refractivity contribution >= 4 is 98.8 Å². The van der Waals surface area contributed by atoms with E-state index in [1.807, 2.05) is 67.0 Å². The number of anilines is 2. The Hall–Kier alpha value is -4.20. The molecule has 8 aromatic rings. The van der Waals surface area contributed by atoms with Crippen LogP contribution in [0.3, 0.4) is 0 Å². The molecule has 6 atom stereocenters. The smallest absolute Gasteiger partial charge is 0.142 e. The zero-order chi connectivity index (χ0) is 39.0. The highest BCUT2D eigenvalue weighted by Crippen LogP contribution is 2.55. The fraction of sp³-hybridized carbons (Fsp3) is 0.333. The zero-order valence-corrected chi connectivity index (χ0v) is 36.2. The lowest BCUT2D eigenvalue weighted by atomic mass is 10.1. The third-order valence-electron chi connectivity index (χ3n) is 12.0. The number of aryl methyl sites for hydroxylation is 2. The highest BCUT2D eigenvalue weighted by atomic mass is 32.2. The van der Waals surface area contributed by atoms with Gasteiger partial charge in [-0.25, -0.2) is 29.9 Å². The van der Waals surface area contributed by atoms with Crippen LogP contribution in [-0.4, -0.2) is 58.0 Å². The number of hydrogen-bond donors (Lipinski definition) is 2. The molecule has 0 aliphatic heterocycles. The second-order valence-electron chi connectivity index (χ2n) is 15.3. The first-order valence-corrected chi connectivity index (χ1v) is 24.5. The first kappa shape index (κ1) is 35.9. The van der Waals surface area contributed by atoms with E-state index in [1.54, 1.807) is 6.20 Å². The van der Waals surface area contributed by atoms with Crippen LogP contribution < -0.4 is 11.5 Å². The molecule has 8 aromatic heterocycles. The Morgan fingerprint density at radius 1 is 0.719 bits per heavy atom. The maximum Gasteiger partial charge on any atom is 0.142 e. The summed E-state index contributed by atoms with van der Waals surface area (Å²) in [4.78, 5) is 30.3. The van der Waals surface area contributed by atoms with Crippen LogP contribution in [0, 0.1) is 25.7 Å². The van der Waals surface area contributed by atoms with Crippen LogP contribution in [0.4, 0.5) is 11.4 Å². The van der Waals surface area contributed by atoms with E-state index >= 15 is 0 Å². The van der Waals surface area contributed by atoms with Gasteiger partial charge in [0.1, 0.15) is 51.1 Å². The van der Waals surface area contributed by atoms with Gasteiger partial charge in [0.25, 0.3) is 0 Å². The molecule has 11 rings (SSSR count). The number of fused-ring (bicyclic) bond motifs is 3. The number of rotatable bonds is 9. The van der Waals surface area contributed by atoms with Crippen molar-refractivity contribution in [1.29, 1.82) is 0 Å². The number of pyridine rings is 2. The quantitative estimate of drug-likeness (QED) is 0.144. The number of nitrogens with zero attached hydrogens (tertiary/aromatic N) is 8. The number of aromatic nitrogens is 8. The summed E-state index contributed by atoms with van der Waals surface area (Å²) in [5.41, 5.74) is 20.8. The van der Waals surface area contributed by atoms with Gasteiger partial charge in [0.05, 0.1) is 62.4 Å². The minimum atomic E-state index is -1.38. The SMILES string of the molecule is Cc1ncc(-c2cc(-c3nc(C4CC4S(=O)c4sc5nc(-c6nccs6)cc(-c6cnc(C)n6C)c5c4N)cs3)nc3sc(S(=O)C4CC5CC5C4)c(N)c23)n1C. The molecule has 3 fully saturated rings. The van der Waals surface area contributed by atoms with Gasteiger partial charge in [-0.1, -0.05) is 0 Å². The average Bonchev–Trinajstić information content (AvgIpc) is 3.63. The molecular weight excluding hydrogens is 833 g/mol. The van der Waals surface area contributed by atoms with Crippen molar-refractivity contribution in [3.8, 4) is 43.9 Å². The van der Waals surface area contributed by atoms with Gasteiger partial charge in [0.15, 0.2) is 0 Å². The number of thiazole rings is 2. The van der Waals surface area contributed by atoms with E-state index in [9.17, 15) is 8.42 Å². The summed E-state index contributed by atoms with van der Waals surface area (Å²) in [6.45, 7) is 3.93. The Morgan fingerprint density at radius 3 is 1.84 bits per heavy atom. The summed E-state index contributed by atoms with van der Waals surface area (Å²) in [7, 11) is 1.41. The van der Waals surface area contributed by atoms with E-state index in [4.69, 9.17) is 26.4 Å². The van der Waals surface area contributed by atoms with Crippen molar-refractivity contribution in [3.05, 3.63) is 58.8 Å². The molecular formula is C39H36N10O2S6. The molecule has 290 valence electrons. The molecule has 0 spiro atoms. The van der Waals surface area contributed by atoms with Crippen LogP contribution in [-0.2, 0) is 35.7 Å². The molecule has 0 radical (unpaired) electrons. The Kier molecular flexibility index (Phi) is 8.29. The van der Waals surface area contributed by atoms with Gasteiger partial charge < -0.3 is 20.6 Å². The minimum absolute atomic E-state index is 0.0189. The highest BCUT2D eigenvalue weighted by Gasteiger charge is 2.49. The summed E-state index contributed by atoms with van der Waals surface area (Å²) in [5, 5.41) is 7.21. The van der Waals surface area contributed by atoms with Gasteiger partial charge >= 0.3 is 0 Å². The lowest BCUT2D eigenvalue weighted by Crippen LogP contribution is -2.13. The molecule has 12 nitrogen and oxygen atoms in total. The van der Waals surface area contributed by atoms with Crippen molar-refractivity contribution in [2.24, 2.45) is 25.9 Å². The van der Waals surface area contributed by atoms with Gasteiger partial charge in [-0.15, -0.1) is 45.3 Å². The summed E-state index contributed by atoms with van der Waals surface area (Å²) >= 11 is 5.89. The van der Waals surface area contributed by atoms with Crippen molar-refractivity contribution in [2.45, 2.75) is 64.4 Å². The zero-order valence-electron chi connectivity index (χ0n) is 31.3. The molecule has 8 heterocycles. The normalized spacial score (nSPS) is 22.4. The first-order chi connectivity index (χ1) is 27.5. The molecule has 57 heavy (non-hydrogen) atoms. The van der Waals surface area contributed by atoms with E-state index in [-0.39, 0.29) is 16.4 Å². The van der Waals surface area contributed by atoms with Crippen molar-refractivity contribution in [2.75, 3.05) is 11.5 Å². The second-order valence-corrected chi connectivity index (χ2v) is 22.9. The lowest BCUT2D eigenvalue weighted by molar-refractivity contribution is 0.655. The van der Waals surface area contributed by atoms with Crippen molar-refractivity contribution < 1.29 is 8.42 Å². The van der Waals surface area contributed by atoms with Crippen LogP contribution in [0.15, 0.2) is 49.9 Å². The van der Waals surface area contributed by atoms with Crippen molar-refractivity contribution in [1.82, 2.24) is 39.0 Å². The van der Waals surface area contributed by atoms with Gasteiger partial charge in [-0.05, 0) is 63.5 Å². The van der Waals surface area contributed by atoms with Gasteiger partial charge in [-0.2, -0.15) is 0 Å². The van der Waals surface area contributed by atoms with Gasteiger partial charge in [0.2, 0.25) is 0 Å². The van der Waals surface area contributed by atoms with Crippen molar-refractivity contribution in [3.63, 3.8) is 0 Å². The molecule has 0 aromatic carbocycles. The van der Waals surface area contributed by atoms with E-state index < -0.39 is 21.6 Å². The predicted molar refractivity (Wildman–Crippen MR) is 233 cm³/mol. The topological polar surface area (TPSA) is 173 Å². The van der Waals surface area contributed by atoms with Gasteiger partial charge in [0, 0.05) is 69.4 Å². The molecule has 0 saturated heterocycles. The third-order valence-corrected chi connectivity index (χ3v) is 20.2. The molecule has 0 bridgehead atoms. The Labute approximate surface area is 348 Å². The Balaban J connectivity index is 0.927. The monoisotopic (exact) mass is 868 g/mol. The Bertz CT molecular complexity index is 2980. The standard InChI is InChI=1S/C39H36N10O2S6/c1-16-43-13-27(48(16)3)22-10-24(34-42-5-6-52-34)45-36-31(22)33(41)39(55-36)57(51)29-12-21(29)26-15-53-35(47-26)25-11-23(28-14-44-17(2)49(28)4)30-32(40)38(54-37(30)46-25)56(50)20-8-18-7-19(18)9-20/h5-6,10-11,13-15,18-21,29H,7-9,12,40-41H2,1-4H3. The number of nitrogen functional groups attached to an aromatic ring is 2. The fourth-order valence-corrected chi connectivity index (χ4v) is 16.3. The molecule has 3 aliphatic rings. The van der Waals surface area contributed by atoms with E-state index in [0.29, 0.717) is 15.6 Å². The summed E-state index contributed by atoms with van der Waals surface area (Å²) in [6.07, 6.45) is 9.51. The largest absolute Gasteiger partial charge is 0.396 e. The molecule has 3 aliphatic carbocycles. The second kappa shape index (κ2) is 13.2. The number of nitrogens with two attached hydrogens (primary N) is 2. The number of imidazole rings is 2. The van der Waals surface area contributed by atoms with Crippen LogP contribution in [0.5, 0.6) is 0 Å². The number of thiophene rings is 2. The van der Waals surface area contributed by atoms with Crippen LogP contribution in [0.2, 0.25) is 0 Å². The van der Waals surface area contributed by atoms with Gasteiger partial charge in [-0.3, -0.25) is 8.42 Å². The maximum atomic E-state index is 14.4. The number of hydrogen-bond acceptors (Lipinski definition) is 14. The molecule has 0 amide bonds. The third kappa shape index (κ3) is 5.72. The summed E-state index contributed by atoms with van der Waals surface area (Å²) in [6, 6.07) is 4.05. The van der Waals surface area contributed by atoms with Crippen LogP contribution in [0.1, 0.15) is 48.9 Å². The molecule has 3 saturated carbocycles. The lowest BCUT2D eigenvalue weighted by Gasteiger charge is -2.11. The first-order valence-electron chi connectivity index (χ1n) is 18.6. The van der Waals surface area contributed by atoms with E-state index in [0.717, 1.165) is 117 Å². The maximum absolute atomic E-state index is 14.4. The average molecular weight is 869 g/mol. The highest BCUT2D eigenvalue weighted by molar-refractivity contribution is 7.89. The van der Waals surface area contributed by atoms with E-state index in [1.165, 1.54) is 51.8 Å². The Morgan fingerprint density at radius 2 is 1.30 bits per heavy atom. The predicted octanol–water partition coefficient (Wildman–Crippen LogP) is 8.31. The van der Waals surface area contributed by atoms with E-state index in [2.05, 4.69) is 20.3 Å². The molecule has 18 heteroatoms. The molecule has 6 unspecified atom stereocenters. The van der Waals surface area contributed by atoms with Crippen LogP contribution in [0.25, 0.3) is 64.4 Å². The van der Waals surface area contributed by atoms with Crippen LogP contribution >= 0.6 is 45.3 Å². The fourth-order valence-electron chi connectivity index (χ4n) is 8.39. The summed E-state index contributed by atoms with van der Waals surface area (Å²) in [5.74, 6) is 3.23. The summed E-state index contributed by atoms with van der Waals surface area (Å²) < 4.78 is 33.7. The minimum Gasteiger partial charge on any atom is -0.396 e. The molecule has 4 N–H and O–H groups in total.